The van der Waals surface area contributed by atoms with Crippen LogP contribution in [0.1, 0.15) is 53.7 Å². The van der Waals surface area contributed by atoms with Gasteiger partial charge in [-0.3, -0.25) is 9.59 Å². The van der Waals surface area contributed by atoms with E-state index in [2.05, 4.69) is 15.9 Å². The van der Waals surface area contributed by atoms with Gasteiger partial charge < -0.3 is 9.64 Å². The second-order valence-corrected chi connectivity index (χ2v) is 7.29. The van der Waals surface area contributed by atoms with Gasteiger partial charge in [0.1, 0.15) is 11.7 Å². The van der Waals surface area contributed by atoms with Crippen molar-refractivity contribution in [2.24, 2.45) is 0 Å². The number of carbonyl (C=O) groups is 2. The Hall–Kier alpha value is -2.21. The Bertz CT molecular complexity index is 870. The van der Waals surface area contributed by atoms with Gasteiger partial charge in [-0.2, -0.15) is 0 Å². The molecule has 0 bridgehead atoms. The van der Waals surface area contributed by atoms with Crippen LogP contribution in [0.5, 0.6) is 0 Å². The largest absolute Gasteiger partial charge is 0.465 e. The summed E-state index contributed by atoms with van der Waals surface area (Å²) in [6.07, 6.45) is 0.738. The van der Waals surface area contributed by atoms with Gasteiger partial charge in [-0.15, -0.1) is 0 Å². The molecule has 1 amide bonds. The zero-order chi connectivity index (χ0) is 19.6. The van der Waals surface area contributed by atoms with Gasteiger partial charge in [-0.25, -0.2) is 4.39 Å². The van der Waals surface area contributed by atoms with Crippen LogP contribution in [0.25, 0.3) is 0 Å². The highest BCUT2D eigenvalue weighted by Gasteiger charge is 2.44. The Morgan fingerprint density at radius 1 is 1.22 bits per heavy atom. The summed E-state index contributed by atoms with van der Waals surface area (Å²) in [5.74, 6) is -1.57. The van der Waals surface area contributed by atoms with Crippen LogP contribution in [0.2, 0.25) is 0 Å². The second kappa shape index (κ2) is 8.21. The van der Waals surface area contributed by atoms with Crippen molar-refractivity contribution in [3.63, 3.8) is 0 Å². The Morgan fingerprint density at radius 2 is 1.96 bits per heavy atom. The number of benzene rings is 2. The fourth-order valence-corrected chi connectivity index (χ4v) is 4.03. The van der Waals surface area contributed by atoms with E-state index in [0.29, 0.717) is 27.7 Å². The number of rotatable bonds is 5. The van der Waals surface area contributed by atoms with Crippen molar-refractivity contribution < 1.29 is 18.7 Å². The van der Waals surface area contributed by atoms with Gasteiger partial charge in [0.05, 0.1) is 17.1 Å². The van der Waals surface area contributed by atoms with Gasteiger partial charge >= 0.3 is 5.97 Å². The third-order valence-electron chi connectivity index (χ3n) is 4.73. The monoisotopic (exact) mass is 433 g/mol. The summed E-state index contributed by atoms with van der Waals surface area (Å²) in [6.45, 7) is 4.47. The van der Waals surface area contributed by atoms with Gasteiger partial charge in [-0.05, 0) is 58.6 Å². The molecule has 0 N–H and O–H groups in total. The predicted molar refractivity (Wildman–Crippen MR) is 104 cm³/mol. The van der Waals surface area contributed by atoms with Crippen molar-refractivity contribution in [2.75, 3.05) is 13.2 Å². The zero-order valence-corrected chi connectivity index (χ0v) is 16.8. The van der Waals surface area contributed by atoms with Gasteiger partial charge in [0.25, 0.3) is 5.91 Å². The summed E-state index contributed by atoms with van der Waals surface area (Å²) in [6, 6.07) is 11.2. The smallest absolute Gasteiger partial charge is 0.315 e. The molecule has 2 aromatic carbocycles. The first-order valence-corrected chi connectivity index (χ1v) is 9.80. The molecule has 27 heavy (non-hydrogen) atoms. The van der Waals surface area contributed by atoms with Gasteiger partial charge in [0.15, 0.2) is 0 Å². The number of fused-ring (bicyclic) bond motifs is 1. The molecule has 0 saturated carbocycles. The molecule has 0 saturated heterocycles. The fourth-order valence-electron chi connectivity index (χ4n) is 3.63. The fraction of sp³-hybridized carbons (Fsp3) is 0.333. The lowest BCUT2D eigenvalue weighted by Crippen LogP contribution is -2.45. The van der Waals surface area contributed by atoms with Crippen molar-refractivity contribution in [2.45, 2.75) is 32.2 Å². The third-order valence-corrected chi connectivity index (χ3v) is 5.34. The van der Waals surface area contributed by atoms with Crippen LogP contribution in [-0.2, 0) is 9.53 Å². The Labute approximate surface area is 166 Å². The third kappa shape index (κ3) is 3.63. The first-order chi connectivity index (χ1) is 13.0. The standard InChI is InChI=1S/C21H21BrFNO3/c1-3-11-24-19(13-9-10-17(23)16(22)12-13)18(21(26)27-4-2)14-7-5-6-8-15(14)20(24)25/h5-10,12,18-19H,3-4,11H2,1-2H3/t18-,19+/m1/s1. The van der Waals surface area contributed by atoms with E-state index < -0.39 is 17.8 Å². The van der Waals surface area contributed by atoms with Crippen molar-refractivity contribution in [3.05, 3.63) is 69.4 Å². The number of hydrogen-bond donors (Lipinski definition) is 0. The number of esters is 1. The SMILES string of the molecule is CCCN1C(=O)c2ccccc2[C@@H](C(=O)OCC)[C@@H]1c1ccc(F)c(Br)c1. The molecule has 1 heterocycles. The molecule has 0 unspecified atom stereocenters. The average Bonchev–Trinajstić information content (AvgIpc) is 2.66. The summed E-state index contributed by atoms with van der Waals surface area (Å²) in [5, 5.41) is 0. The molecular formula is C21H21BrFNO3. The number of ether oxygens (including phenoxy) is 1. The molecule has 0 radical (unpaired) electrons. The van der Waals surface area contributed by atoms with E-state index in [0.717, 1.165) is 6.42 Å². The summed E-state index contributed by atoms with van der Waals surface area (Å²) in [4.78, 5) is 27.8. The van der Waals surface area contributed by atoms with Crippen molar-refractivity contribution >= 4 is 27.8 Å². The maximum Gasteiger partial charge on any atom is 0.315 e. The van der Waals surface area contributed by atoms with Crippen LogP contribution in [0, 0.1) is 5.82 Å². The van der Waals surface area contributed by atoms with E-state index in [1.165, 1.54) is 6.07 Å². The average molecular weight is 434 g/mol. The molecule has 0 fully saturated rings. The summed E-state index contributed by atoms with van der Waals surface area (Å²) in [5.41, 5.74) is 1.86. The van der Waals surface area contributed by atoms with E-state index in [1.807, 2.05) is 13.0 Å². The highest BCUT2D eigenvalue weighted by atomic mass is 79.9. The maximum absolute atomic E-state index is 13.8. The zero-order valence-electron chi connectivity index (χ0n) is 15.2. The van der Waals surface area contributed by atoms with Crippen molar-refractivity contribution in [1.29, 1.82) is 0 Å². The van der Waals surface area contributed by atoms with Gasteiger partial charge in [-0.1, -0.05) is 31.2 Å². The molecule has 6 heteroatoms. The molecule has 0 aliphatic carbocycles. The van der Waals surface area contributed by atoms with Crippen molar-refractivity contribution in [1.82, 2.24) is 4.90 Å². The van der Waals surface area contributed by atoms with Crippen LogP contribution in [0.3, 0.4) is 0 Å². The Kier molecular flexibility index (Phi) is 5.95. The number of halogens is 2. The van der Waals surface area contributed by atoms with Crippen LogP contribution in [-0.4, -0.2) is 29.9 Å². The van der Waals surface area contributed by atoms with Crippen LogP contribution >= 0.6 is 15.9 Å². The molecule has 2 atom stereocenters. The van der Waals surface area contributed by atoms with Gasteiger partial charge in [0.2, 0.25) is 0 Å². The summed E-state index contributed by atoms with van der Waals surface area (Å²) < 4.78 is 19.4. The molecule has 0 aromatic heterocycles. The molecule has 1 aliphatic rings. The molecule has 1 aliphatic heterocycles. The molecule has 0 spiro atoms. The van der Waals surface area contributed by atoms with Gasteiger partial charge in [0, 0.05) is 12.1 Å². The second-order valence-electron chi connectivity index (χ2n) is 6.43. The minimum Gasteiger partial charge on any atom is -0.465 e. The predicted octanol–water partition coefficient (Wildman–Crippen LogP) is 4.84. The van der Waals surface area contributed by atoms with Crippen LogP contribution in [0.4, 0.5) is 4.39 Å². The van der Waals surface area contributed by atoms with E-state index in [-0.39, 0.29) is 18.5 Å². The highest BCUT2D eigenvalue weighted by molar-refractivity contribution is 9.10. The lowest BCUT2D eigenvalue weighted by atomic mass is 9.79. The quantitative estimate of drug-likeness (QED) is 0.633. The molecular weight excluding hydrogens is 413 g/mol. The number of hydrogen-bond acceptors (Lipinski definition) is 3. The molecule has 142 valence electrons. The number of carbonyl (C=O) groups excluding carboxylic acids is 2. The summed E-state index contributed by atoms with van der Waals surface area (Å²) in [7, 11) is 0. The van der Waals surface area contributed by atoms with E-state index in [4.69, 9.17) is 4.74 Å². The molecule has 3 rings (SSSR count). The minimum atomic E-state index is -0.664. The maximum atomic E-state index is 13.8. The Morgan fingerprint density at radius 3 is 2.63 bits per heavy atom. The number of nitrogens with zero attached hydrogens (tertiary/aromatic N) is 1. The highest BCUT2D eigenvalue weighted by Crippen LogP contribution is 2.44. The molecule has 4 nitrogen and oxygen atoms in total. The lowest BCUT2D eigenvalue weighted by Gasteiger charge is -2.41. The van der Waals surface area contributed by atoms with E-state index >= 15 is 0 Å². The van der Waals surface area contributed by atoms with Crippen LogP contribution in [0.15, 0.2) is 46.9 Å². The topological polar surface area (TPSA) is 46.6 Å². The first kappa shape index (κ1) is 19.5. The summed E-state index contributed by atoms with van der Waals surface area (Å²) >= 11 is 3.21. The lowest BCUT2D eigenvalue weighted by molar-refractivity contribution is -0.146. The molecule has 2 aromatic rings. The van der Waals surface area contributed by atoms with E-state index in [9.17, 15) is 14.0 Å². The minimum absolute atomic E-state index is 0.126. The van der Waals surface area contributed by atoms with Crippen LogP contribution < -0.4 is 0 Å². The normalized spacial score (nSPS) is 19.0. The van der Waals surface area contributed by atoms with Crippen molar-refractivity contribution in [3.8, 4) is 0 Å². The Balaban J connectivity index is 2.21. The number of amides is 1. The van der Waals surface area contributed by atoms with E-state index in [1.54, 1.807) is 42.2 Å². The first-order valence-electron chi connectivity index (χ1n) is 9.01.